The molecule has 0 spiro atoms. The third kappa shape index (κ3) is 4.94. The maximum absolute atomic E-state index is 2.44. The molecule has 1 nitrogen and oxygen atoms in total. The minimum atomic E-state index is 0. The second-order valence-electron chi connectivity index (χ2n) is 7.71. The van der Waals surface area contributed by atoms with Crippen LogP contribution in [-0.4, -0.2) is 0 Å². The number of halogens is 2. The molecule has 0 bridgehead atoms. The Balaban J connectivity index is 0.00000196. The summed E-state index contributed by atoms with van der Waals surface area (Å²) in [6, 6.07) is 13.8. The minimum Gasteiger partial charge on any atom is -1.00 e. The molecule has 0 heterocycles. The van der Waals surface area contributed by atoms with Gasteiger partial charge in [0.2, 0.25) is 0 Å². The molecule has 0 aliphatic heterocycles. The van der Waals surface area contributed by atoms with Crippen LogP contribution in [0.1, 0.15) is 61.1 Å². The summed E-state index contributed by atoms with van der Waals surface area (Å²) in [6.45, 7) is 13.4. The smallest absolute Gasteiger partial charge is 1.00 e. The predicted octanol–water partition coefficient (Wildman–Crippen LogP) is 0.773. The van der Waals surface area contributed by atoms with E-state index in [1.54, 1.807) is 0 Å². The summed E-state index contributed by atoms with van der Waals surface area (Å²) in [7, 11) is 0. The van der Waals surface area contributed by atoms with Gasteiger partial charge in [-0.15, -0.1) is 0 Å². The molecular weight excluding hydrogens is 421 g/mol. The van der Waals surface area contributed by atoms with E-state index < -0.39 is 0 Å². The summed E-state index contributed by atoms with van der Waals surface area (Å²) in [5.74, 6) is 0. The fraction of sp³-hybridized carbons (Fsp3) is 0.333. The largest absolute Gasteiger partial charge is 1.00 e. The quantitative estimate of drug-likeness (QED) is 0.624. The third-order valence-electron chi connectivity index (χ3n) is 5.39. The molecule has 0 saturated carbocycles. The molecule has 0 saturated heterocycles. The Morgan fingerprint density at radius 1 is 0.929 bits per heavy atom. The van der Waals surface area contributed by atoms with Gasteiger partial charge in [0.1, 0.15) is 0 Å². The number of aryl methyl sites for hydroxylation is 3. The normalized spacial score (nSPS) is 14.2. The van der Waals surface area contributed by atoms with Crippen molar-refractivity contribution in [2.75, 3.05) is 3.38 Å². The fourth-order valence-electron chi connectivity index (χ4n) is 4.25. The SMILES string of the molecule is CC1=CC(C)=C(c2ccccc2C(C)[N]([Ti+2])c2c(C)cc(C)cc2C)C1.[Cl-].[Cl-]. The molecule has 1 atom stereocenters. The minimum absolute atomic E-state index is 0. The molecule has 2 aromatic carbocycles. The zero-order chi connectivity index (χ0) is 19.0. The molecule has 28 heavy (non-hydrogen) atoms. The van der Waals surface area contributed by atoms with E-state index in [0.29, 0.717) is 6.04 Å². The first kappa shape index (κ1) is 25.1. The molecule has 0 fully saturated rings. The first-order valence-electron chi connectivity index (χ1n) is 9.34. The van der Waals surface area contributed by atoms with Gasteiger partial charge >= 0.3 is 171 Å². The Hall–Kier alpha value is -0.986. The molecule has 1 aliphatic rings. The van der Waals surface area contributed by atoms with Crippen LogP contribution >= 0.6 is 0 Å². The molecule has 1 aliphatic carbocycles. The van der Waals surface area contributed by atoms with E-state index in [9.17, 15) is 0 Å². The topological polar surface area (TPSA) is 3.24 Å². The van der Waals surface area contributed by atoms with Gasteiger partial charge in [-0.25, -0.2) is 0 Å². The van der Waals surface area contributed by atoms with Crippen molar-refractivity contribution in [3.63, 3.8) is 0 Å². The Labute approximate surface area is 194 Å². The van der Waals surface area contributed by atoms with Crippen LogP contribution in [0.4, 0.5) is 5.69 Å². The van der Waals surface area contributed by atoms with Crippen molar-refractivity contribution in [3.05, 3.63) is 81.4 Å². The van der Waals surface area contributed by atoms with Crippen molar-refractivity contribution in [1.82, 2.24) is 0 Å². The summed E-state index contributed by atoms with van der Waals surface area (Å²) in [5.41, 5.74) is 12.5. The fourth-order valence-corrected chi connectivity index (χ4v) is 5.02. The average Bonchev–Trinajstić information content (AvgIpc) is 2.91. The van der Waals surface area contributed by atoms with E-state index in [0.717, 1.165) is 6.42 Å². The van der Waals surface area contributed by atoms with Gasteiger partial charge in [0.05, 0.1) is 0 Å². The average molecular weight is 449 g/mol. The van der Waals surface area contributed by atoms with Crippen molar-refractivity contribution < 1.29 is 45.5 Å². The number of rotatable bonds is 4. The Kier molecular flexibility index (Phi) is 9.10. The summed E-state index contributed by atoms with van der Waals surface area (Å²) in [4.78, 5) is 0. The molecule has 2 aromatic rings. The van der Waals surface area contributed by atoms with E-state index in [1.807, 2.05) is 0 Å². The maximum Gasteiger partial charge on any atom is -1.00 e. The zero-order valence-electron chi connectivity index (χ0n) is 17.5. The van der Waals surface area contributed by atoms with Gasteiger partial charge in [-0.3, -0.25) is 0 Å². The maximum atomic E-state index is 2.44. The molecule has 0 N–H and O–H groups in total. The van der Waals surface area contributed by atoms with E-state index in [2.05, 4.69) is 108 Å². The van der Waals surface area contributed by atoms with Crippen molar-refractivity contribution in [2.45, 2.75) is 54.0 Å². The summed E-state index contributed by atoms with van der Waals surface area (Å²) in [5, 5.41) is 0. The number of allylic oxidation sites excluding steroid dienone is 4. The van der Waals surface area contributed by atoms with Gasteiger partial charge in [-0.2, -0.15) is 0 Å². The standard InChI is InChI=1S/C24H28N.2ClH.Ti/c1-15-12-18(4)24(19(5)13-15)25-20(6)21-9-7-8-10-22(21)23-14-16(2)11-17(23)3;;;/h7-13,20H,14H2,1-6H3;2*1H;/q-1;;;+3/p-2. The van der Waals surface area contributed by atoms with Crippen LogP contribution in [0, 0.1) is 20.8 Å². The second-order valence-corrected chi connectivity index (χ2v) is 8.46. The molecule has 0 aromatic heterocycles. The molecule has 0 radical (unpaired) electrons. The van der Waals surface area contributed by atoms with Crippen LogP contribution in [0.3, 0.4) is 0 Å². The molecule has 1 unspecified atom stereocenters. The van der Waals surface area contributed by atoms with Crippen LogP contribution < -0.4 is 28.2 Å². The van der Waals surface area contributed by atoms with Gasteiger partial charge in [0.15, 0.2) is 0 Å². The molecule has 147 valence electrons. The number of hydrogen-bond donors (Lipinski definition) is 0. The van der Waals surface area contributed by atoms with Crippen molar-refractivity contribution in [2.24, 2.45) is 0 Å². The van der Waals surface area contributed by atoms with Crippen LogP contribution in [0.2, 0.25) is 0 Å². The Morgan fingerprint density at radius 3 is 2.04 bits per heavy atom. The summed E-state index contributed by atoms with van der Waals surface area (Å²) in [6.07, 6.45) is 3.40. The first-order valence-corrected chi connectivity index (χ1v) is 10.0. The van der Waals surface area contributed by atoms with Gasteiger partial charge in [0, 0.05) is 0 Å². The first-order chi connectivity index (χ1) is 12.3. The van der Waals surface area contributed by atoms with Crippen LogP contribution in [0.15, 0.2) is 53.6 Å². The van der Waals surface area contributed by atoms with Crippen LogP contribution in [-0.2, 0) is 20.7 Å². The van der Waals surface area contributed by atoms with Gasteiger partial charge in [-0.05, 0) is 0 Å². The van der Waals surface area contributed by atoms with Crippen molar-refractivity contribution in [3.8, 4) is 0 Å². The van der Waals surface area contributed by atoms with E-state index >= 15 is 0 Å². The number of hydrogen-bond acceptors (Lipinski definition) is 1. The number of benzene rings is 2. The van der Waals surface area contributed by atoms with Gasteiger partial charge in [-0.1, -0.05) is 0 Å². The molecule has 0 amide bonds. The Morgan fingerprint density at radius 2 is 1.50 bits per heavy atom. The van der Waals surface area contributed by atoms with E-state index in [1.165, 1.54) is 50.2 Å². The van der Waals surface area contributed by atoms with E-state index in [-0.39, 0.29) is 24.8 Å². The molecular formula is C24H28Cl2NTi. The number of anilines is 1. The molecule has 3 rings (SSSR count). The number of nitrogens with zero attached hydrogens (tertiary/aromatic N) is 1. The van der Waals surface area contributed by atoms with E-state index in [4.69, 9.17) is 0 Å². The van der Waals surface area contributed by atoms with Crippen molar-refractivity contribution in [1.29, 1.82) is 0 Å². The predicted molar refractivity (Wildman–Crippen MR) is 109 cm³/mol. The third-order valence-corrected chi connectivity index (χ3v) is 6.35. The van der Waals surface area contributed by atoms with Crippen LogP contribution in [0.5, 0.6) is 0 Å². The van der Waals surface area contributed by atoms with Gasteiger partial charge in [0.25, 0.3) is 0 Å². The molecule has 4 heteroatoms. The summed E-state index contributed by atoms with van der Waals surface area (Å²) >= 11 is 2.23. The second kappa shape index (κ2) is 10.2. The monoisotopic (exact) mass is 448 g/mol. The zero-order valence-corrected chi connectivity index (χ0v) is 20.6. The van der Waals surface area contributed by atoms with Crippen LogP contribution in [0.25, 0.3) is 5.57 Å². The van der Waals surface area contributed by atoms with Crippen molar-refractivity contribution >= 4 is 11.3 Å². The summed E-state index contributed by atoms with van der Waals surface area (Å²) < 4.78 is 2.44. The Bertz CT molecular complexity index is 892. The van der Waals surface area contributed by atoms with Gasteiger partial charge < -0.3 is 24.8 Å².